The van der Waals surface area contributed by atoms with Crippen molar-refractivity contribution in [1.82, 2.24) is 0 Å². The third-order valence-corrected chi connectivity index (χ3v) is 3.74. The van der Waals surface area contributed by atoms with Crippen molar-refractivity contribution in [2.45, 2.75) is 50.8 Å². The van der Waals surface area contributed by atoms with Gasteiger partial charge in [-0.1, -0.05) is 36.2 Å². The number of alkyl halides is 1. The van der Waals surface area contributed by atoms with Crippen molar-refractivity contribution in [2.24, 2.45) is 0 Å². The lowest BCUT2D eigenvalue weighted by Gasteiger charge is -2.08. The van der Waals surface area contributed by atoms with Crippen molar-refractivity contribution in [3.8, 4) is 0 Å². The van der Waals surface area contributed by atoms with Gasteiger partial charge in [-0.25, -0.2) is 0 Å². The predicted octanol–water partition coefficient (Wildman–Crippen LogP) is 3.79. The van der Waals surface area contributed by atoms with Gasteiger partial charge in [-0.3, -0.25) is 0 Å². The van der Waals surface area contributed by atoms with Gasteiger partial charge >= 0.3 is 0 Å². The molecule has 0 aromatic rings. The highest BCUT2D eigenvalue weighted by Crippen LogP contribution is 2.11. The van der Waals surface area contributed by atoms with Gasteiger partial charge in [-0.15, -0.1) is 0 Å². The van der Waals surface area contributed by atoms with E-state index in [4.69, 9.17) is 14.2 Å². The van der Waals surface area contributed by atoms with Crippen LogP contribution < -0.4 is 0 Å². The van der Waals surface area contributed by atoms with E-state index in [1.165, 1.54) is 19.3 Å². The summed E-state index contributed by atoms with van der Waals surface area (Å²) < 4.78 is 16.3. The second kappa shape index (κ2) is 15.4. The first kappa shape index (κ1) is 18.4. The van der Waals surface area contributed by atoms with Gasteiger partial charge in [0, 0.05) is 18.0 Å². The molecule has 0 bridgehead atoms. The monoisotopic (exact) mass is 324 g/mol. The molecule has 0 N–H and O–H groups in total. The summed E-state index contributed by atoms with van der Waals surface area (Å²) in [7, 11) is 0. The second-order valence-corrected chi connectivity index (χ2v) is 5.63. The number of unbranched alkanes of at least 4 members (excludes halogenated alkanes) is 1. The number of hydrogen-bond donors (Lipinski definition) is 0. The van der Waals surface area contributed by atoms with E-state index >= 15 is 0 Å². The van der Waals surface area contributed by atoms with E-state index in [1.54, 1.807) is 0 Å². The highest BCUT2D eigenvalue weighted by molar-refractivity contribution is 9.09. The van der Waals surface area contributed by atoms with Gasteiger partial charge in [0.25, 0.3) is 0 Å². The predicted molar refractivity (Wildman–Crippen MR) is 79.6 cm³/mol. The quantitative estimate of drug-likeness (QED) is 0.359. The van der Waals surface area contributed by atoms with Gasteiger partial charge in [-0.05, 0) is 25.7 Å². The minimum absolute atomic E-state index is 0.637. The third-order valence-electron chi connectivity index (χ3n) is 2.64. The van der Waals surface area contributed by atoms with Crippen LogP contribution in [0.3, 0.4) is 0 Å². The second-order valence-electron chi connectivity index (χ2n) is 4.34. The number of halogens is 1. The lowest BCUT2D eigenvalue weighted by molar-refractivity contribution is 0.0135. The summed E-state index contributed by atoms with van der Waals surface area (Å²) in [4.78, 5) is 0.637. The first-order valence-electron chi connectivity index (χ1n) is 7.18. The van der Waals surface area contributed by atoms with E-state index < -0.39 is 0 Å². The van der Waals surface area contributed by atoms with Crippen molar-refractivity contribution in [3.63, 3.8) is 0 Å². The molecular weight excluding hydrogens is 296 g/mol. The molecule has 0 fully saturated rings. The summed E-state index contributed by atoms with van der Waals surface area (Å²) in [5, 5.41) is 0. The van der Waals surface area contributed by atoms with Gasteiger partial charge in [0.15, 0.2) is 0 Å². The van der Waals surface area contributed by atoms with E-state index in [0.717, 1.165) is 26.1 Å². The van der Waals surface area contributed by atoms with E-state index in [-0.39, 0.29) is 0 Å². The van der Waals surface area contributed by atoms with Crippen molar-refractivity contribution >= 4 is 15.9 Å². The van der Waals surface area contributed by atoms with Crippen LogP contribution in [-0.2, 0) is 14.2 Å². The summed E-state index contributed by atoms with van der Waals surface area (Å²) in [6.45, 7) is 8.76. The fourth-order valence-corrected chi connectivity index (χ4v) is 1.72. The van der Waals surface area contributed by atoms with Crippen LogP contribution >= 0.6 is 15.9 Å². The smallest absolute Gasteiger partial charge is 0.0701 e. The third kappa shape index (κ3) is 14.4. The van der Waals surface area contributed by atoms with E-state index in [0.29, 0.717) is 31.3 Å². The Bertz CT molecular complexity index is 156. The van der Waals surface area contributed by atoms with Crippen LogP contribution in [0.25, 0.3) is 0 Å². The molecule has 110 valence electrons. The Labute approximate surface area is 121 Å². The molecule has 0 radical (unpaired) electrons. The molecule has 4 heteroatoms. The zero-order valence-corrected chi connectivity index (χ0v) is 13.5. The Balaban J connectivity index is 2.94. The van der Waals surface area contributed by atoms with Gasteiger partial charge in [-0.2, -0.15) is 0 Å². The maximum Gasteiger partial charge on any atom is 0.0701 e. The highest BCUT2D eigenvalue weighted by atomic mass is 79.9. The molecule has 0 rings (SSSR count). The molecule has 0 amide bonds. The zero-order chi connectivity index (χ0) is 13.5. The van der Waals surface area contributed by atoms with Crippen LogP contribution in [0, 0.1) is 0 Å². The molecule has 0 aliphatic heterocycles. The molecule has 0 aliphatic rings. The normalized spacial score (nSPS) is 12.8. The van der Waals surface area contributed by atoms with Gasteiger partial charge in [0.05, 0.1) is 26.4 Å². The van der Waals surface area contributed by atoms with Crippen molar-refractivity contribution < 1.29 is 14.2 Å². The lowest BCUT2D eigenvalue weighted by Crippen LogP contribution is -2.10. The van der Waals surface area contributed by atoms with Crippen molar-refractivity contribution in [2.75, 3.05) is 39.6 Å². The maximum atomic E-state index is 5.49. The van der Waals surface area contributed by atoms with Crippen LogP contribution in [0.5, 0.6) is 0 Å². The van der Waals surface area contributed by atoms with Crippen LogP contribution in [0.2, 0.25) is 0 Å². The standard InChI is InChI=1S/C14H29BrO3/c1-3-5-8-16-10-12-18-13-11-17-9-6-7-14(15)4-2/h14H,3-13H2,1-2H3. The Hall–Kier alpha value is 0.360. The molecule has 0 saturated heterocycles. The van der Waals surface area contributed by atoms with E-state index in [2.05, 4.69) is 29.8 Å². The Kier molecular flexibility index (Phi) is 15.7. The molecule has 0 heterocycles. The summed E-state index contributed by atoms with van der Waals surface area (Å²) >= 11 is 3.61. The van der Waals surface area contributed by atoms with E-state index in [9.17, 15) is 0 Å². The molecule has 0 spiro atoms. The first-order valence-corrected chi connectivity index (χ1v) is 8.10. The number of hydrogen-bond acceptors (Lipinski definition) is 3. The molecule has 0 saturated carbocycles. The minimum atomic E-state index is 0.637. The van der Waals surface area contributed by atoms with Crippen LogP contribution in [0.15, 0.2) is 0 Å². The number of ether oxygens (including phenoxy) is 3. The average molecular weight is 325 g/mol. The first-order chi connectivity index (χ1) is 8.81. The Morgan fingerprint density at radius 2 is 1.28 bits per heavy atom. The molecule has 1 atom stereocenters. The van der Waals surface area contributed by atoms with E-state index in [1.807, 2.05) is 0 Å². The van der Waals surface area contributed by atoms with Gasteiger partial charge < -0.3 is 14.2 Å². The highest BCUT2D eigenvalue weighted by Gasteiger charge is 1.99. The molecule has 3 nitrogen and oxygen atoms in total. The topological polar surface area (TPSA) is 27.7 Å². The Morgan fingerprint density at radius 1 is 0.778 bits per heavy atom. The maximum absolute atomic E-state index is 5.49. The molecular formula is C14H29BrO3. The van der Waals surface area contributed by atoms with Crippen molar-refractivity contribution in [3.05, 3.63) is 0 Å². The average Bonchev–Trinajstić information content (AvgIpc) is 2.39. The van der Waals surface area contributed by atoms with Crippen LogP contribution in [-0.4, -0.2) is 44.5 Å². The summed E-state index contributed by atoms with van der Waals surface area (Å²) in [5.74, 6) is 0. The zero-order valence-electron chi connectivity index (χ0n) is 12.0. The SMILES string of the molecule is CCCCOCCOCCOCCCC(Br)CC. The summed E-state index contributed by atoms with van der Waals surface area (Å²) in [6, 6.07) is 0. The number of rotatable bonds is 14. The fourth-order valence-electron chi connectivity index (χ4n) is 1.40. The molecule has 1 unspecified atom stereocenters. The fraction of sp³-hybridized carbons (Fsp3) is 1.00. The largest absolute Gasteiger partial charge is 0.379 e. The molecule has 0 aliphatic carbocycles. The molecule has 0 aromatic heterocycles. The van der Waals surface area contributed by atoms with Crippen LogP contribution in [0.4, 0.5) is 0 Å². The molecule has 18 heavy (non-hydrogen) atoms. The lowest BCUT2D eigenvalue weighted by atomic mass is 10.2. The van der Waals surface area contributed by atoms with Gasteiger partial charge in [0.2, 0.25) is 0 Å². The Morgan fingerprint density at radius 3 is 1.78 bits per heavy atom. The summed E-state index contributed by atoms with van der Waals surface area (Å²) in [6.07, 6.45) is 5.80. The summed E-state index contributed by atoms with van der Waals surface area (Å²) in [5.41, 5.74) is 0. The van der Waals surface area contributed by atoms with Crippen LogP contribution in [0.1, 0.15) is 46.0 Å². The minimum Gasteiger partial charge on any atom is -0.379 e. The molecule has 0 aromatic carbocycles. The van der Waals surface area contributed by atoms with Gasteiger partial charge in [0.1, 0.15) is 0 Å². The van der Waals surface area contributed by atoms with Crippen molar-refractivity contribution in [1.29, 1.82) is 0 Å².